The first-order valence-corrected chi connectivity index (χ1v) is 5.05. The lowest BCUT2D eigenvalue weighted by atomic mass is 10.1. The van der Waals surface area contributed by atoms with E-state index >= 15 is 0 Å². The van der Waals surface area contributed by atoms with Gasteiger partial charge in [0.1, 0.15) is 11.4 Å². The van der Waals surface area contributed by atoms with Gasteiger partial charge < -0.3 is 20.9 Å². The molecule has 1 rings (SSSR count). The number of nitrogens with two attached hydrogens (primary N) is 1. The summed E-state index contributed by atoms with van der Waals surface area (Å²) in [7, 11) is 1.55. The number of rotatable bonds is 5. The van der Waals surface area contributed by atoms with Gasteiger partial charge in [-0.25, -0.2) is 9.18 Å². The Kier molecular flexibility index (Phi) is 4.28. The van der Waals surface area contributed by atoms with Crippen molar-refractivity contribution >= 4 is 17.3 Å². The third-order valence-electron chi connectivity index (χ3n) is 2.39. The summed E-state index contributed by atoms with van der Waals surface area (Å²) >= 11 is 0. The Balaban J connectivity index is 2.99. The fraction of sp³-hybridized carbons (Fsp3) is 0.364. The first-order chi connectivity index (χ1) is 7.97. The van der Waals surface area contributed by atoms with E-state index in [9.17, 15) is 9.18 Å². The standard InChI is InChI=1S/C11H15FN2O3/c1-6(17-2)5-14-8-4-3-7(12)10(13)9(8)11(15)16/h3-4,6,14H,5,13H2,1-2H3,(H,15,16). The van der Waals surface area contributed by atoms with Crippen LogP contribution < -0.4 is 11.1 Å². The van der Waals surface area contributed by atoms with Gasteiger partial charge in [0.05, 0.1) is 17.5 Å². The Morgan fingerprint density at radius 2 is 2.29 bits per heavy atom. The number of halogens is 1. The monoisotopic (exact) mass is 242 g/mol. The first-order valence-electron chi connectivity index (χ1n) is 5.05. The third kappa shape index (κ3) is 3.07. The fourth-order valence-corrected chi connectivity index (χ4v) is 1.31. The average Bonchev–Trinajstić information content (AvgIpc) is 2.29. The number of aromatic carboxylic acids is 1. The molecule has 0 fully saturated rings. The van der Waals surface area contributed by atoms with Crippen LogP contribution in [0.4, 0.5) is 15.8 Å². The summed E-state index contributed by atoms with van der Waals surface area (Å²) in [6.45, 7) is 2.22. The highest BCUT2D eigenvalue weighted by molar-refractivity contribution is 6.00. The maximum atomic E-state index is 13.1. The number of carboxylic acid groups (broad SMARTS) is 1. The molecule has 0 saturated heterocycles. The minimum atomic E-state index is -1.27. The van der Waals surface area contributed by atoms with Crippen LogP contribution in [0.5, 0.6) is 0 Å². The van der Waals surface area contributed by atoms with Gasteiger partial charge in [-0.3, -0.25) is 0 Å². The number of carbonyl (C=O) groups is 1. The third-order valence-corrected chi connectivity index (χ3v) is 2.39. The van der Waals surface area contributed by atoms with Crippen LogP contribution in [0.2, 0.25) is 0 Å². The molecule has 17 heavy (non-hydrogen) atoms. The first kappa shape index (κ1) is 13.2. The van der Waals surface area contributed by atoms with Crippen molar-refractivity contribution in [3.63, 3.8) is 0 Å². The van der Waals surface area contributed by atoms with E-state index in [1.165, 1.54) is 6.07 Å². The summed E-state index contributed by atoms with van der Waals surface area (Å²) in [5, 5.41) is 11.8. The van der Waals surface area contributed by atoms with E-state index in [-0.39, 0.29) is 23.0 Å². The van der Waals surface area contributed by atoms with Crippen molar-refractivity contribution in [1.29, 1.82) is 0 Å². The average molecular weight is 242 g/mol. The summed E-state index contributed by atoms with van der Waals surface area (Å²) in [5.74, 6) is -2.01. The number of nitrogen functional groups attached to an aromatic ring is 1. The van der Waals surface area contributed by atoms with E-state index in [4.69, 9.17) is 15.6 Å². The smallest absolute Gasteiger partial charge is 0.340 e. The molecule has 6 heteroatoms. The quantitative estimate of drug-likeness (QED) is 0.682. The zero-order valence-electron chi connectivity index (χ0n) is 9.66. The van der Waals surface area contributed by atoms with Gasteiger partial charge in [0, 0.05) is 13.7 Å². The molecule has 0 aromatic heterocycles. The Morgan fingerprint density at radius 1 is 1.65 bits per heavy atom. The molecular formula is C11H15FN2O3. The molecule has 1 atom stereocenters. The molecule has 0 aliphatic heterocycles. The van der Waals surface area contributed by atoms with Crippen molar-refractivity contribution in [3.8, 4) is 0 Å². The number of nitrogens with one attached hydrogen (secondary N) is 1. The molecule has 0 aliphatic carbocycles. The summed E-state index contributed by atoms with van der Waals surface area (Å²) in [6, 6.07) is 2.47. The van der Waals surface area contributed by atoms with E-state index in [1.807, 2.05) is 6.92 Å². The second kappa shape index (κ2) is 5.49. The lowest BCUT2D eigenvalue weighted by Gasteiger charge is -2.15. The maximum Gasteiger partial charge on any atom is 0.340 e. The van der Waals surface area contributed by atoms with E-state index in [1.54, 1.807) is 7.11 Å². The SMILES string of the molecule is COC(C)CNc1ccc(F)c(N)c1C(=O)O. The molecular weight excluding hydrogens is 227 g/mol. The van der Waals surface area contributed by atoms with Crippen molar-refractivity contribution in [2.45, 2.75) is 13.0 Å². The van der Waals surface area contributed by atoms with E-state index < -0.39 is 11.8 Å². The number of ether oxygens (including phenoxy) is 1. The number of carboxylic acids is 1. The highest BCUT2D eigenvalue weighted by atomic mass is 19.1. The lowest BCUT2D eigenvalue weighted by molar-refractivity contribution is 0.0698. The van der Waals surface area contributed by atoms with Gasteiger partial charge in [-0.2, -0.15) is 0 Å². The van der Waals surface area contributed by atoms with Crippen LogP contribution in [0.3, 0.4) is 0 Å². The fourth-order valence-electron chi connectivity index (χ4n) is 1.31. The second-order valence-corrected chi connectivity index (χ2v) is 3.62. The van der Waals surface area contributed by atoms with Crippen LogP contribution in [0.15, 0.2) is 12.1 Å². The van der Waals surface area contributed by atoms with E-state index in [0.29, 0.717) is 6.54 Å². The van der Waals surface area contributed by atoms with Gasteiger partial charge >= 0.3 is 5.97 Å². The van der Waals surface area contributed by atoms with E-state index in [2.05, 4.69) is 5.32 Å². The molecule has 0 spiro atoms. The Morgan fingerprint density at radius 3 is 2.82 bits per heavy atom. The maximum absolute atomic E-state index is 13.1. The van der Waals surface area contributed by atoms with Gasteiger partial charge in [0.25, 0.3) is 0 Å². The Bertz CT molecular complexity index is 423. The zero-order chi connectivity index (χ0) is 13.0. The number of anilines is 2. The highest BCUT2D eigenvalue weighted by Gasteiger charge is 2.17. The van der Waals surface area contributed by atoms with Gasteiger partial charge in [0.15, 0.2) is 0 Å². The lowest BCUT2D eigenvalue weighted by Crippen LogP contribution is -2.20. The summed E-state index contributed by atoms with van der Waals surface area (Å²) in [4.78, 5) is 11.0. The van der Waals surface area contributed by atoms with E-state index in [0.717, 1.165) is 6.07 Å². The number of benzene rings is 1. The van der Waals surface area contributed by atoms with Crippen LogP contribution in [-0.2, 0) is 4.74 Å². The van der Waals surface area contributed by atoms with Gasteiger partial charge in [-0.1, -0.05) is 0 Å². The van der Waals surface area contributed by atoms with Crippen molar-refractivity contribution in [1.82, 2.24) is 0 Å². The number of hydrogen-bond acceptors (Lipinski definition) is 4. The van der Waals surface area contributed by atoms with Crippen LogP contribution in [0, 0.1) is 5.82 Å². The molecule has 0 amide bonds. The second-order valence-electron chi connectivity index (χ2n) is 3.62. The van der Waals surface area contributed by atoms with Crippen LogP contribution in [0.1, 0.15) is 17.3 Å². The molecule has 0 heterocycles. The van der Waals surface area contributed by atoms with Crippen LogP contribution in [-0.4, -0.2) is 30.8 Å². The summed E-state index contributed by atoms with van der Waals surface area (Å²) in [5.41, 5.74) is 5.05. The predicted molar refractivity (Wildman–Crippen MR) is 62.7 cm³/mol. The number of hydrogen-bond donors (Lipinski definition) is 3. The van der Waals surface area contributed by atoms with Gasteiger partial charge in [0.2, 0.25) is 0 Å². The van der Waals surface area contributed by atoms with Crippen LogP contribution >= 0.6 is 0 Å². The Hall–Kier alpha value is -1.82. The number of methoxy groups -OCH3 is 1. The molecule has 94 valence electrons. The molecule has 1 aromatic carbocycles. The van der Waals surface area contributed by atoms with Crippen molar-refractivity contribution in [2.75, 3.05) is 24.7 Å². The van der Waals surface area contributed by atoms with Gasteiger partial charge in [-0.05, 0) is 19.1 Å². The normalized spacial score (nSPS) is 12.2. The molecule has 1 unspecified atom stereocenters. The predicted octanol–water partition coefficient (Wildman–Crippen LogP) is 1.55. The molecule has 0 radical (unpaired) electrons. The minimum Gasteiger partial charge on any atom is -0.478 e. The van der Waals surface area contributed by atoms with Crippen molar-refractivity contribution in [2.24, 2.45) is 0 Å². The van der Waals surface area contributed by atoms with Crippen LogP contribution in [0.25, 0.3) is 0 Å². The highest BCUT2D eigenvalue weighted by Crippen LogP contribution is 2.25. The summed E-state index contributed by atoms with van der Waals surface area (Å²) < 4.78 is 18.2. The molecule has 0 bridgehead atoms. The zero-order valence-corrected chi connectivity index (χ0v) is 9.66. The molecule has 4 N–H and O–H groups in total. The van der Waals surface area contributed by atoms with Crippen molar-refractivity contribution < 1.29 is 19.0 Å². The molecule has 5 nitrogen and oxygen atoms in total. The van der Waals surface area contributed by atoms with Gasteiger partial charge in [-0.15, -0.1) is 0 Å². The van der Waals surface area contributed by atoms with Crippen molar-refractivity contribution in [3.05, 3.63) is 23.5 Å². The largest absolute Gasteiger partial charge is 0.478 e. The molecule has 1 aromatic rings. The minimum absolute atomic E-state index is 0.0945. The Labute approximate surface area is 98.4 Å². The topological polar surface area (TPSA) is 84.6 Å². The molecule has 0 aliphatic rings. The summed E-state index contributed by atoms with van der Waals surface area (Å²) in [6.07, 6.45) is -0.0945. The molecule has 0 saturated carbocycles.